The van der Waals surface area contributed by atoms with Crippen LogP contribution in [0.3, 0.4) is 0 Å². The molecule has 132 valence electrons. The van der Waals surface area contributed by atoms with Crippen molar-refractivity contribution in [3.05, 3.63) is 57.3 Å². The lowest BCUT2D eigenvalue weighted by Crippen LogP contribution is -2.26. The van der Waals surface area contributed by atoms with Crippen LogP contribution in [0.15, 0.2) is 36.4 Å². The summed E-state index contributed by atoms with van der Waals surface area (Å²) in [5.41, 5.74) is 6.77. The van der Waals surface area contributed by atoms with Gasteiger partial charge in [0.2, 0.25) is 0 Å². The van der Waals surface area contributed by atoms with Crippen LogP contribution in [0.1, 0.15) is 41.7 Å². The topological polar surface area (TPSA) is 109 Å². The largest absolute Gasteiger partial charge is 0.395 e. The monoisotopic (exact) mass is 360 g/mol. The molecule has 0 aliphatic rings. The van der Waals surface area contributed by atoms with E-state index in [0.717, 1.165) is 5.56 Å². The Kier molecular flexibility index (Phi) is 7.00. The Balaban J connectivity index is 1.90. The van der Waals surface area contributed by atoms with E-state index in [4.69, 9.17) is 10.8 Å². The lowest BCUT2D eigenvalue weighted by Gasteiger charge is -2.05. The number of carbonyl (C=O) groups excluding carboxylic acids is 3. The molecular formula is C18H20N2O4S. The van der Waals surface area contributed by atoms with Crippen molar-refractivity contribution in [1.29, 1.82) is 0 Å². The summed E-state index contributed by atoms with van der Waals surface area (Å²) in [4.78, 5) is 36.5. The van der Waals surface area contributed by atoms with Gasteiger partial charge in [0, 0.05) is 18.5 Å². The molecule has 0 saturated carbocycles. The smallest absolute Gasteiger partial charge is 0.251 e. The van der Waals surface area contributed by atoms with Crippen molar-refractivity contribution >= 4 is 28.8 Å². The molecule has 2 rings (SSSR count). The van der Waals surface area contributed by atoms with Crippen LogP contribution >= 0.6 is 11.3 Å². The van der Waals surface area contributed by atoms with Crippen molar-refractivity contribution in [3.63, 3.8) is 0 Å². The summed E-state index contributed by atoms with van der Waals surface area (Å²) >= 11 is 1.17. The normalized spacial score (nSPS) is 10.5. The maximum absolute atomic E-state index is 12.2. The van der Waals surface area contributed by atoms with Crippen LogP contribution in [-0.4, -0.2) is 42.3 Å². The summed E-state index contributed by atoms with van der Waals surface area (Å²) in [6.45, 7) is 0.0458. The molecular weight excluding hydrogens is 340 g/mol. The molecule has 0 saturated heterocycles. The predicted octanol–water partition coefficient (Wildman–Crippen LogP) is 1.43. The first-order valence-electron chi connectivity index (χ1n) is 7.89. The number of hydrogen-bond donors (Lipinski definition) is 3. The Morgan fingerprint density at radius 1 is 1.00 bits per heavy atom. The zero-order chi connectivity index (χ0) is 18.2. The fourth-order valence-electron chi connectivity index (χ4n) is 2.21. The number of rotatable bonds is 9. The van der Waals surface area contributed by atoms with Gasteiger partial charge in [-0.2, -0.15) is 0 Å². The fourth-order valence-corrected chi connectivity index (χ4v) is 3.14. The summed E-state index contributed by atoms with van der Waals surface area (Å²) in [5, 5.41) is 11.3. The van der Waals surface area contributed by atoms with Crippen LogP contribution in [0.25, 0.3) is 0 Å². The van der Waals surface area contributed by atoms with E-state index >= 15 is 0 Å². The fraction of sp³-hybridized carbons (Fsp3) is 0.278. The Bertz CT molecular complexity index is 753. The SMILES string of the molecule is NCC(=O)c1ccc(C(=O)CCc2ccc(C(=O)NCCO)cc2)s1. The highest BCUT2D eigenvalue weighted by Gasteiger charge is 2.13. The van der Waals surface area contributed by atoms with E-state index in [9.17, 15) is 14.4 Å². The molecule has 6 nitrogen and oxygen atoms in total. The van der Waals surface area contributed by atoms with Gasteiger partial charge < -0.3 is 16.2 Å². The van der Waals surface area contributed by atoms with E-state index in [0.29, 0.717) is 28.2 Å². The minimum atomic E-state index is -0.243. The lowest BCUT2D eigenvalue weighted by atomic mass is 10.0. The molecule has 0 spiro atoms. The van der Waals surface area contributed by atoms with E-state index < -0.39 is 0 Å². The Morgan fingerprint density at radius 3 is 2.24 bits per heavy atom. The van der Waals surface area contributed by atoms with Crippen LogP contribution in [0, 0.1) is 0 Å². The number of hydrogen-bond acceptors (Lipinski definition) is 6. The van der Waals surface area contributed by atoms with Gasteiger partial charge in [-0.25, -0.2) is 0 Å². The predicted molar refractivity (Wildman–Crippen MR) is 96.2 cm³/mol. The average Bonchev–Trinajstić information content (AvgIpc) is 3.14. The van der Waals surface area contributed by atoms with Gasteiger partial charge in [-0.05, 0) is 36.2 Å². The zero-order valence-electron chi connectivity index (χ0n) is 13.7. The first kappa shape index (κ1) is 19.0. The zero-order valence-corrected chi connectivity index (χ0v) is 14.5. The van der Waals surface area contributed by atoms with Crippen LogP contribution in [0.2, 0.25) is 0 Å². The van der Waals surface area contributed by atoms with Gasteiger partial charge in [-0.3, -0.25) is 14.4 Å². The van der Waals surface area contributed by atoms with Gasteiger partial charge in [-0.1, -0.05) is 12.1 Å². The van der Waals surface area contributed by atoms with Crippen LogP contribution < -0.4 is 11.1 Å². The van der Waals surface area contributed by atoms with Crippen molar-refractivity contribution in [2.75, 3.05) is 19.7 Å². The third-order valence-electron chi connectivity index (χ3n) is 3.60. The quantitative estimate of drug-likeness (QED) is 0.586. The van der Waals surface area contributed by atoms with E-state index in [1.54, 1.807) is 36.4 Å². The molecule has 1 amide bonds. The summed E-state index contributed by atoms with van der Waals surface area (Å²) in [6, 6.07) is 10.3. The minimum Gasteiger partial charge on any atom is -0.395 e. The van der Waals surface area contributed by atoms with E-state index in [1.807, 2.05) is 0 Å². The average molecular weight is 360 g/mol. The molecule has 0 radical (unpaired) electrons. The summed E-state index contributed by atoms with van der Waals surface area (Å²) in [6.07, 6.45) is 0.877. The summed E-state index contributed by atoms with van der Waals surface area (Å²) < 4.78 is 0. The molecule has 0 unspecified atom stereocenters. The Labute approximate surface area is 149 Å². The number of aryl methyl sites for hydroxylation is 1. The lowest BCUT2D eigenvalue weighted by molar-refractivity contribution is 0.0942. The minimum absolute atomic E-state index is 0.0224. The first-order valence-corrected chi connectivity index (χ1v) is 8.71. The number of ketones is 2. The molecule has 1 aromatic heterocycles. The third kappa shape index (κ3) is 5.32. The molecule has 0 aliphatic heterocycles. The van der Waals surface area contributed by atoms with Crippen molar-refractivity contribution < 1.29 is 19.5 Å². The molecule has 1 aromatic carbocycles. The van der Waals surface area contributed by atoms with Crippen molar-refractivity contribution in [3.8, 4) is 0 Å². The van der Waals surface area contributed by atoms with E-state index in [1.165, 1.54) is 11.3 Å². The molecule has 0 aliphatic carbocycles. The number of carbonyl (C=O) groups is 3. The highest BCUT2D eigenvalue weighted by molar-refractivity contribution is 7.16. The maximum atomic E-state index is 12.2. The number of benzene rings is 1. The van der Waals surface area contributed by atoms with Gasteiger partial charge in [0.1, 0.15) is 0 Å². The van der Waals surface area contributed by atoms with Crippen molar-refractivity contribution in [1.82, 2.24) is 5.32 Å². The highest BCUT2D eigenvalue weighted by atomic mass is 32.1. The number of aliphatic hydroxyl groups excluding tert-OH is 1. The number of Topliss-reactive ketones (excluding diaryl/α,β-unsaturated/α-hetero) is 2. The van der Waals surface area contributed by atoms with Gasteiger partial charge in [-0.15, -0.1) is 11.3 Å². The van der Waals surface area contributed by atoms with Gasteiger partial charge in [0.05, 0.1) is 22.9 Å². The van der Waals surface area contributed by atoms with Crippen molar-refractivity contribution in [2.24, 2.45) is 5.73 Å². The molecule has 4 N–H and O–H groups in total. The number of thiophene rings is 1. The standard InChI is InChI=1S/C18H20N2O4S/c19-11-15(23)17-8-7-16(25-17)14(22)6-3-12-1-4-13(5-2-12)18(24)20-9-10-21/h1-2,4-5,7-8,21H,3,6,9-11,19H2,(H,20,24). The van der Waals surface area contributed by atoms with Crippen LogP contribution in [-0.2, 0) is 6.42 Å². The van der Waals surface area contributed by atoms with E-state index in [2.05, 4.69) is 5.32 Å². The molecule has 0 bridgehead atoms. The number of amides is 1. The number of aliphatic hydroxyl groups is 1. The highest BCUT2D eigenvalue weighted by Crippen LogP contribution is 2.19. The molecule has 1 heterocycles. The Morgan fingerprint density at radius 2 is 1.64 bits per heavy atom. The second-order valence-electron chi connectivity index (χ2n) is 5.39. The third-order valence-corrected chi connectivity index (χ3v) is 4.76. The molecule has 2 aromatic rings. The number of nitrogens with one attached hydrogen (secondary N) is 1. The second-order valence-corrected chi connectivity index (χ2v) is 6.47. The molecule has 7 heteroatoms. The van der Waals surface area contributed by atoms with Gasteiger partial charge in [0.15, 0.2) is 11.6 Å². The first-order chi connectivity index (χ1) is 12.0. The Hall–Kier alpha value is -2.35. The van der Waals surface area contributed by atoms with E-state index in [-0.39, 0.29) is 37.2 Å². The second kappa shape index (κ2) is 9.22. The number of nitrogens with two attached hydrogens (primary N) is 1. The summed E-state index contributed by atoms with van der Waals surface area (Å²) in [5.74, 6) is -0.433. The van der Waals surface area contributed by atoms with Crippen LogP contribution in [0.4, 0.5) is 0 Å². The summed E-state index contributed by atoms with van der Waals surface area (Å²) in [7, 11) is 0. The van der Waals surface area contributed by atoms with Gasteiger partial charge in [0.25, 0.3) is 5.91 Å². The maximum Gasteiger partial charge on any atom is 0.251 e. The molecule has 0 atom stereocenters. The van der Waals surface area contributed by atoms with Crippen LogP contribution in [0.5, 0.6) is 0 Å². The molecule has 25 heavy (non-hydrogen) atoms. The van der Waals surface area contributed by atoms with Gasteiger partial charge >= 0.3 is 0 Å². The van der Waals surface area contributed by atoms with Crippen molar-refractivity contribution in [2.45, 2.75) is 12.8 Å². The molecule has 0 fully saturated rings.